The molecule has 41 heavy (non-hydrogen) atoms. The Balaban J connectivity index is 1.69. The van der Waals surface area contributed by atoms with E-state index in [9.17, 15) is 9.59 Å². The summed E-state index contributed by atoms with van der Waals surface area (Å²) in [4.78, 5) is 38.6. The number of likely N-dealkylation sites (N-methyl/N-ethyl adjacent to an activating group) is 1. The van der Waals surface area contributed by atoms with E-state index in [2.05, 4.69) is 9.97 Å². The van der Waals surface area contributed by atoms with E-state index < -0.39 is 6.04 Å². The topological polar surface area (TPSA) is 78.5 Å². The van der Waals surface area contributed by atoms with E-state index in [0.29, 0.717) is 19.6 Å². The van der Waals surface area contributed by atoms with E-state index in [-0.39, 0.29) is 18.4 Å². The summed E-state index contributed by atoms with van der Waals surface area (Å²) in [5.74, 6) is -0.359. The largest absolute Gasteiger partial charge is 0.383 e. The minimum absolute atomic E-state index is 0.131. The summed E-state index contributed by atoms with van der Waals surface area (Å²) in [5.41, 5.74) is 6.92. The number of rotatable bonds is 12. The number of methoxy groups -OCH3 is 1. The Bertz CT molecular complexity index is 1450. The molecule has 0 aliphatic rings. The zero-order valence-corrected chi connectivity index (χ0v) is 24.2. The van der Waals surface area contributed by atoms with E-state index in [0.717, 1.165) is 39.2 Å². The van der Waals surface area contributed by atoms with Crippen LogP contribution in [0.15, 0.2) is 91.3 Å². The number of benzene rings is 2. The molecule has 2 aromatic carbocycles. The fraction of sp³-hybridized carbons (Fsp3) is 0.265. The van der Waals surface area contributed by atoms with Crippen molar-refractivity contribution in [3.8, 4) is 11.1 Å². The summed E-state index contributed by atoms with van der Waals surface area (Å²) in [7, 11) is 3.37. The molecule has 0 saturated carbocycles. The average Bonchev–Trinajstić information content (AvgIpc) is 3.33. The van der Waals surface area contributed by atoms with Crippen LogP contribution in [-0.2, 0) is 27.3 Å². The molecule has 4 aromatic rings. The summed E-state index contributed by atoms with van der Waals surface area (Å²) in [6, 6.07) is 23.1. The standard InChI is InChI=1S/C34H38N4O3/c1-25-21-30(26(2)36-25)16-17-33(39)38(24-28-12-14-29(15-13-28)31-11-8-18-35-23-31)32(22-27-9-6-5-7-10-27)34(40)37(3)19-20-41-4/h5-18,21,23,32,36H,19-20,22,24H2,1-4H3/t32-/m0/s1. The molecule has 7 nitrogen and oxygen atoms in total. The minimum Gasteiger partial charge on any atom is -0.383 e. The highest BCUT2D eigenvalue weighted by Gasteiger charge is 2.31. The second-order valence-corrected chi connectivity index (χ2v) is 10.2. The van der Waals surface area contributed by atoms with Crippen molar-refractivity contribution in [3.05, 3.63) is 119 Å². The molecule has 0 unspecified atom stereocenters. The van der Waals surface area contributed by atoms with Crippen molar-refractivity contribution in [2.75, 3.05) is 27.3 Å². The maximum Gasteiger partial charge on any atom is 0.247 e. The van der Waals surface area contributed by atoms with Gasteiger partial charge in [0.2, 0.25) is 11.8 Å². The molecule has 0 aliphatic carbocycles. The Morgan fingerprint density at radius 2 is 1.73 bits per heavy atom. The van der Waals surface area contributed by atoms with Gasteiger partial charge in [0, 0.05) is 63.5 Å². The number of nitrogens with one attached hydrogen (secondary N) is 1. The summed E-state index contributed by atoms with van der Waals surface area (Å²) in [6.45, 7) is 5.09. The predicted octanol–water partition coefficient (Wildman–Crippen LogP) is 5.45. The van der Waals surface area contributed by atoms with Crippen LogP contribution < -0.4 is 0 Å². The van der Waals surface area contributed by atoms with Crippen molar-refractivity contribution in [1.82, 2.24) is 19.8 Å². The summed E-state index contributed by atoms with van der Waals surface area (Å²) >= 11 is 0. The molecule has 1 atom stereocenters. The summed E-state index contributed by atoms with van der Waals surface area (Å²) < 4.78 is 5.22. The molecular weight excluding hydrogens is 512 g/mol. The van der Waals surface area contributed by atoms with Crippen molar-refractivity contribution in [2.24, 2.45) is 0 Å². The number of aromatic nitrogens is 2. The number of pyridine rings is 1. The highest BCUT2D eigenvalue weighted by atomic mass is 16.5. The number of amides is 2. The maximum atomic E-state index is 13.9. The van der Waals surface area contributed by atoms with Crippen LogP contribution in [0, 0.1) is 13.8 Å². The Morgan fingerprint density at radius 1 is 0.976 bits per heavy atom. The Morgan fingerprint density at radius 3 is 2.37 bits per heavy atom. The third-order valence-electron chi connectivity index (χ3n) is 7.12. The van der Waals surface area contributed by atoms with Gasteiger partial charge in [-0.3, -0.25) is 14.6 Å². The lowest BCUT2D eigenvalue weighted by molar-refractivity contribution is -0.143. The van der Waals surface area contributed by atoms with Gasteiger partial charge < -0.3 is 19.5 Å². The molecule has 2 aromatic heterocycles. The molecule has 1 N–H and O–H groups in total. The lowest BCUT2D eigenvalue weighted by atomic mass is 10.0. The molecule has 2 heterocycles. The van der Waals surface area contributed by atoms with Crippen LogP contribution in [0.3, 0.4) is 0 Å². The normalized spacial score (nSPS) is 11.9. The van der Waals surface area contributed by atoms with Gasteiger partial charge in [-0.05, 0) is 59.9 Å². The minimum atomic E-state index is -0.705. The van der Waals surface area contributed by atoms with Gasteiger partial charge in [-0.2, -0.15) is 0 Å². The van der Waals surface area contributed by atoms with E-state index >= 15 is 0 Å². The van der Waals surface area contributed by atoms with Gasteiger partial charge in [-0.1, -0.05) is 60.7 Å². The first-order chi connectivity index (χ1) is 19.9. The van der Waals surface area contributed by atoms with Crippen molar-refractivity contribution in [2.45, 2.75) is 32.9 Å². The monoisotopic (exact) mass is 550 g/mol. The molecule has 0 saturated heterocycles. The zero-order chi connectivity index (χ0) is 29.2. The third-order valence-corrected chi connectivity index (χ3v) is 7.12. The fourth-order valence-corrected chi connectivity index (χ4v) is 4.81. The fourth-order valence-electron chi connectivity index (χ4n) is 4.81. The smallest absolute Gasteiger partial charge is 0.247 e. The first-order valence-corrected chi connectivity index (χ1v) is 13.8. The van der Waals surface area contributed by atoms with Crippen LogP contribution in [0.2, 0.25) is 0 Å². The number of aryl methyl sites for hydroxylation is 2. The number of carbonyl (C=O) groups excluding carboxylic acids is 2. The lowest BCUT2D eigenvalue weighted by Gasteiger charge is -2.33. The van der Waals surface area contributed by atoms with Crippen LogP contribution in [0.1, 0.15) is 28.1 Å². The molecule has 0 bridgehead atoms. The Kier molecular flexibility index (Phi) is 10.2. The predicted molar refractivity (Wildman–Crippen MR) is 163 cm³/mol. The molecule has 7 heteroatoms. The van der Waals surface area contributed by atoms with Crippen LogP contribution in [0.4, 0.5) is 0 Å². The van der Waals surface area contributed by atoms with E-state index in [4.69, 9.17) is 4.74 Å². The third kappa shape index (κ3) is 8.02. The highest BCUT2D eigenvalue weighted by Crippen LogP contribution is 2.22. The Hall–Kier alpha value is -4.49. The van der Waals surface area contributed by atoms with Crippen LogP contribution in [0.5, 0.6) is 0 Å². The quantitative estimate of drug-likeness (QED) is 0.238. The zero-order valence-electron chi connectivity index (χ0n) is 24.2. The van der Waals surface area contributed by atoms with Gasteiger partial charge in [0.1, 0.15) is 6.04 Å². The number of nitrogens with zero attached hydrogens (tertiary/aromatic N) is 3. The van der Waals surface area contributed by atoms with E-state index in [1.54, 1.807) is 36.2 Å². The van der Waals surface area contributed by atoms with E-state index in [1.165, 1.54) is 0 Å². The van der Waals surface area contributed by atoms with Gasteiger partial charge in [-0.15, -0.1) is 0 Å². The number of H-pyrrole nitrogens is 1. The lowest BCUT2D eigenvalue weighted by Crippen LogP contribution is -2.51. The van der Waals surface area contributed by atoms with Crippen LogP contribution in [-0.4, -0.2) is 64.9 Å². The van der Waals surface area contributed by atoms with Gasteiger partial charge in [-0.25, -0.2) is 0 Å². The van der Waals surface area contributed by atoms with Gasteiger partial charge in [0.15, 0.2) is 0 Å². The summed E-state index contributed by atoms with van der Waals surface area (Å²) in [5, 5.41) is 0. The highest BCUT2D eigenvalue weighted by molar-refractivity contribution is 5.96. The molecule has 0 spiro atoms. The van der Waals surface area contributed by atoms with Crippen LogP contribution in [0.25, 0.3) is 17.2 Å². The van der Waals surface area contributed by atoms with Crippen molar-refractivity contribution in [3.63, 3.8) is 0 Å². The van der Waals surface area contributed by atoms with Gasteiger partial charge >= 0.3 is 0 Å². The van der Waals surface area contributed by atoms with E-state index in [1.807, 2.05) is 98.9 Å². The van der Waals surface area contributed by atoms with Crippen molar-refractivity contribution in [1.29, 1.82) is 0 Å². The number of hydrogen-bond acceptors (Lipinski definition) is 4. The number of aromatic amines is 1. The first-order valence-electron chi connectivity index (χ1n) is 13.8. The van der Waals surface area contributed by atoms with Gasteiger partial charge in [0.05, 0.1) is 6.61 Å². The molecule has 0 fully saturated rings. The van der Waals surface area contributed by atoms with Crippen molar-refractivity contribution >= 4 is 17.9 Å². The van der Waals surface area contributed by atoms with Crippen molar-refractivity contribution < 1.29 is 14.3 Å². The SMILES string of the molecule is COCCN(C)C(=O)[C@H](Cc1ccccc1)N(Cc1ccc(-c2cccnc2)cc1)C(=O)C=Cc1cc(C)[nH]c1C. The molecule has 212 valence electrons. The summed E-state index contributed by atoms with van der Waals surface area (Å²) in [6.07, 6.45) is 7.36. The first kappa shape index (κ1) is 29.5. The number of hydrogen-bond donors (Lipinski definition) is 1. The Labute approximate surface area is 242 Å². The molecule has 4 rings (SSSR count). The molecule has 0 aliphatic heterocycles. The molecular formula is C34H38N4O3. The average molecular weight is 551 g/mol. The van der Waals surface area contributed by atoms with Gasteiger partial charge in [0.25, 0.3) is 0 Å². The second-order valence-electron chi connectivity index (χ2n) is 10.2. The molecule has 0 radical (unpaired) electrons. The van der Waals surface area contributed by atoms with Crippen LogP contribution >= 0.6 is 0 Å². The maximum absolute atomic E-state index is 13.9. The number of carbonyl (C=O) groups is 2. The molecule has 2 amide bonds. The second kappa shape index (κ2) is 14.2. The number of ether oxygens (including phenoxy) is 1.